The third kappa shape index (κ3) is 24.3. The summed E-state index contributed by atoms with van der Waals surface area (Å²) < 4.78 is 25.6. The van der Waals surface area contributed by atoms with E-state index >= 15 is 0 Å². The average molecular weight is 666 g/mol. The molecular formula is C37H64ClN3O5. The molecule has 0 aromatic carbocycles. The van der Waals surface area contributed by atoms with E-state index in [4.69, 9.17) is 24.1 Å². The van der Waals surface area contributed by atoms with E-state index in [2.05, 4.69) is 33.7 Å². The van der Waals surface area contributed by atoms with Gasteiger partial charge in [-0.25, -0.2) is 14.5 Å². The predicted molar refractivity (Wildman–Crippen MR) is 180 cm³/mol. The molecule has 0 saturated carbocycles. The molecule has 2 rings (SSSR count). The van der Waals surface area contributed by atoms with E-state index < -0.39 is 0 Å². The largest absolute Gasteiger partial charge is 1.00 e. The fraction of sp³-hybridized carbons (Fsp3) is 0.757. The maximum atomic E-state index is 9.04. The SMILES string of the molecule is CCCCCCCCCCCCCCCCCCOCC(COCCOCC[n+]1cccc(CCCO)c1)Oc1ncccn1.[Cl-]. The standard InChI is InChI=1S/C37H64N3O5.ClH/c1-2-3-4-5-6-7-8-9-10-11-12-13-14-15-16-17-28-43-33-36(45-37-38-23-20-24-39-37)34-44-31-30-42-29-26-40-25-18-21-35(32-40)22-19-27-41;/h18,20-21,23-25,32,36,41H,2-17,19,22,26-31,33-34H2,1H3;1H/q+1;/p-1. The minimum absolute atomic E-state index is 0. The van der Waals surface area contributed by atoms with Gasteiger partial charge in [0.05, 0.1) is 26.4 Å². The lowest BCUT2D eigenvalue weighted by Gasteiger charge is -2.18. The van der Waals surface area contributed by atoms with Crippen molar-refractivity contribution in [2.75, 3.05) is 46.2 Å². The van der Waals surface area contributed by atoms with Gasteiger partial charge < -0.3 is 36.5 Å². The topological polar surface area (TPSA) is 86.8 Å². The molecule has 0 radical (unpaired) electrons. The average Bonchev–Trinajstić information content (AvgIpc) is 3.06. The van der Waals surface area contributed by atoms with E-state index in [9.17, 15) is 0 Å². The van der Waals surface area contributed by atoms with Crippen molar-refractivity contribution < 1.29 is 41.0 Å². The number of pyridine rings is 1. The summed E-state index contributed by atoms with van der Waals surface area (Å²) >= 11 is 0. The quantitative estimate of drug-likeness (QED) is 0.0913. The fourth-order valence-corrected chi connectivity index (χ4v) is 5.33. The number of aliphatic hydroxyl groups excluding tert-OH is 1. The number of aliphatic hydroxyl groups is 1. The van der Waals surface area contributed by atoms with Gasteiger partial charge in [0.15, 0.2) is 18.9 Å². The lowest BCUT2D eigenvalue weighted by Crippen LogP contribution is -3.00. The normalized spacial score (nSPS) is 11.8. The second-order valence-corrected chi connectivity index (χ2v) is 12.1. The number of hydrogen-bond donors (Lipinski definition) is 1. The van der Waals surface area contributed by atoms with Crippen LogP contribution >= 0.6 is 0 Å². The van der Waals surface area contributed by atoms with Gasteiger partial charge in [-0.3, -0.25) is 0 Å². The molecule has 1 atom stereocenters. The van der Waals surface area contributed by atoms with Crippen molar-refractivity contribution in [1.29, 1.82) is 0 Å². The van der Waals surface area contributed by atoms with Crippen molar-refractivity contribution in [2.45, 2.75) is 135 Å². The predicted octanol–water partition coefficient (Wildman–Crippen LogP) is 4.45. The molecule has 1 N–H and O–H groups in total. The number of rotatable bonds is 32. The number of ether oxygens (including phenoxy) is 4. The van der Waals surface area contributed by atoms with Crippen molar-refractivity contribution in [3.8, 4) is 6.01 Å². The minimum Gasteiger partial charge on any atom is -1.00 e. The summed E-state index contributed by atoms with van der Waals surface area (Å²) in [4.78, 5) is 8.37. The van der Waals surface area contributed by atoms with Crippen LogP contribution in [-0.4, -0.2) is 67.4 Å². The van der Waals surface area contributed by atoms with Crippen LogP contribution in [0.25, 0.3) is 0 Å². The Kier molecular flexibility index (Phi) is 29.1. The summed E-state index contributed by atoms with van der Waals surface area (Å²) in [6, 6.07) is 6.24. The maximum absolute atomic E-state index is 9.04. The van der Waals surface area contributed by atoms with Gasteiger partial charge in [-0.15, -0.1) is 0 Å². The highest BCUT2D eigenvalue weighted by Crippen LogP contribution is 2.14. The first-order valence-electron chi connectivity index (χ1n) is 18.1. The van der Waals surface area contributed by atoms with Crippen molar-refractivity contribution in [1.82, 2.24) is 9.97 Å². The molecule has 0 amide bonds. The second-order valence-electron chi connectivity index (χ2n) is 12.1. The van der Waals surface area contributed by atoms with Crippen molar-refractivity contribution in [3.63, 3.8) is 0 Å². The number of hydrogen-bond acceptors (Lipinski definition) is 7. The molecule has 46 heavy (non-hydrogen) atoms. The van der Waals surface area contributed by atoms with Crippen LogP contribution < -0.4 is 21.7 Å². The Morgan fingerprint density at radius 2 is 1.24 bits per heavy atom. The number of halogens is 1. The second kappa shape index (κ2) is 31.7. The monoisotopic (exact) mass is 665 g/mol. The van der Waals surface area contributed by atoms with Gasteiger partial charge in [0, 0.05) is 37.2 Å². The molecule has 0 aliphatic carbocycles. The minimum atomic E-state index is -0.273. The maximum Gasteiger partial charge on any atom is 0.316 e. The van der Waals surface area contributed by atoms with Gasteiger partial charge in [0.1, 0.15) is 12.7 Å². The molecule has 2 aromatic rings. The highest BCUT2D eigenvalue weighted by molar-refractivity contribution is 5.05. The zero-order valence-corrected chi connectivity index (χ0v) is 29.6. The molecule has 0 aliphatic rings. The molecule has 2 aromatic heterocycles. The van der Waals surface area contributed by atoms with Crippen LogP contribution in [0, 0.1) is 0 Å². The third-order valence-electron chi connectivity index (χ3n) is 7.97. The summed E-state index contributed by atoms with van der Waals surface area (Å²) in [6.45, 7) is 6.45. The van der Waals surface area contributed by atoms with Gasteiger partial charge in [-0.05, 0) is 31.4 Å². The highest BCUT2D eigenvalue weighted by Gasteiger charge is 2.13. The van der Waals surface area contributed by atoms with Crippen LogP contribution in [0.3, 0.4) is 0 Å². The molecular weight excluding hydrogens is 602 g/mol. The van der Waals surface area contributed by atoms with Crippen molar-refractivity contribution in [2.24, 2.45) is 0 Å². The Morgan fingerprint density at radius 3 is 1.85 bits per heavy atom. The Morgan fingerprint density at radius 1 is 0.674 bits per heavy atom. The molecule has 1 unspecified atom stereocenters. The summed E-state index contributed by atoms with van der Waals surface area (Å²) in [5.74, 6) is 0. The zero-order valence-electron chi connectivity index (χ0n) is 28.8. The molecule has 0 saturated heterocycles. The van der Waals surface area contributed by atoms with Gasteiger partial charge in [0.2, 0.25) is 0 Å². The molecule has 0 fully saturated rings. The van der Waals surface area contributed by atoms with E-state index in [1.807, 2.05) is 12.3 Å². The summed E-state index contributed by atoms with van der Waals surface area (Å²) in [5.41, 5.74) is 1.22. The van der Waals surface area contributed by atoms with Crippen LogP contribution in [0.15, 0.2) is 43.0 Å². The van der Waals surface area contributed by atoms with Gasteiger partial charge in [-0.1, -0.05) is 103 Å². The Labute approximate surface area is 286 Å². The van der Waals surface area contributed by atoms with Gasteiger partial charge >= 0.3 is 6.01 Å². The number of unbranched alkanes of at least 4 members (excludes halogenated alkanes) is 15. The first-order valence-corrected chi connectivity index (χ1v) is 18.1. The van der Waals surface area contributed by atoms with Gasteiger partial charge in [0.25, 0.3) is 0 Å². The molecule has 0 aliphatic heterocycles. The third-order valence-corrected chi connectivity index (χ3v) is 7.97. The van der Waals surface area contributed by atoms with Gasteiger partial charge in [-0.2, -0.15) is 0 Å². The lowest BCUT2D eigenvalue weighted by molar-refractivity contribution is -0.698. The Balaban J connectivity index is 0.0000106. The van der Waals surface area contributed by atoms with Crippen LogP contribution in [0.5, 0.6) is 6.01 Å². The Hall–Kier alpha value is -1.84. The fourth-order valence-electron chi connectivity index (χ4n) is 5.33. The lowest BCUT2D eigenvalue weighted by atomic mass is 10.0. The summed E-state index contributed by atoms with van der Waals surface area (Å²) in [7, 11) is 0. The van der Waals surface area contributed by atoms with Crippen molar-refractivity contribution in [3.05, 3.63) is 48.5 Å². The smallest absolute Gasteiger partial charge is 0.316 e. The zero-order chi connectivity index (χ0) is 31.9. The number of aromatic nitrogens is 3. The molecule has 264 valence electrons. The summed E-state index contributed by atoms with van der Waals surface area (Å²) in [5, 5.41) is 9.04. The first kappa shape index (κ1) is 42.2. The highest BCUT2D eigenvalue weighted by atomic mass is 35.5. The van der Waals surface area contributed by atoms with Crippen molar-refractivity contribution >= 4 is 0 Å². The van der Waals surface area contributed by atoms with E-state index in [1.165, 1.54) is 102 Å². The van der Waals surface area contributed by atoms with Crippen LogP contribution in [-0.2, 0) is 27.2 Å². The Bertz CT molecular complexity index is 912. The van der Waals surface area contributed by atoms with Crippen LogP contribution in [0.4, 0.5) is 0 Å². The number of aryl methyl sites for hydroxylation is 1. The molecule has 0 spiro atoms. The van der Waals surface area contributed by atoms with E-state index in [0.29, 0.717) is 39.0 Å². The molecule has 8 nitrogen and oxygen atoms in total. The van der Waals surface area contributed by atoms with E-state index in [1.54, 1.807) is 18.5 Å². The van der Waals surface area contributed by atoms with E-state index in [-0.39, 0.29) is 25.1 Å². The van der Waals surface area contributed by atoms with Crippen LogP contribution in [0.2, 0.25) is 0 Å². The molecule has 0 bridgehead atoms. The van der Waals surface area contributed by atoms with Crippen LogP contribution in [0.1, 0.15) is 122 Å². The molecule has 2 heterocycles. The summed E-state index contributed by atoms with van der Waals surface area (Å²) in [6.07, 6.45) is 30.7. The molecule has 9 heteroatoms. The van der Waals surface area contributed by atoms with E-state index in [0.717, 1.165) is 32.4 Å². The first-order chi connectivity index (χ1) is 22.3. The number of nitrogens with zero attached hydrogens (tertiary/aromatic N) is 3.